The Balaban J connectivity index is 2.72. The zero-order valence-corrected chi connectivity index (χ0v) is 8.92. The first-order valence-electron chi connectivity index (χ1n) is 4.54. The fraction of sp³-hybridized carbons (Fsp3) is 0.625. The molecule has 0 aliphatic heterocycles. The molecule has 0 fully saturated rings. The summed E-state index contributed by atoms with van der Waals surface area (Å²) in [5, 5.41) is 0. The number of aromatic nitrogens is 2. The number of hydrogen-bond donors (Lipinski definition) is 2. The maximum absolute atomic E-state index is 10.6. The van der Waals surface area contributed by atoms with Gasteiger partial charge in [0.15, 0.2) is 0 Å². The van der Waals surface area contributed by atoms with Crippen molar-refractivity contribution in [3.63, 3.8) is 0 Å². The summed E-state index contributed by atoms with van der Waals surface area (Å²) in [6, 6.07) is 0. The standard InChI is InChI=1S/C8H14N2O3S/c1-2-3-4-8-9-5-6-10(8)7-14(11,12)13/h5-6H,2-4,7H2,1H3,(H,11,12,13)/p+1. The lowest BCUT2D eigenvalue weighted by molar-refractivity contribution is -0.684. The Morgan fingerprint density at radius 1 is 1.57 bits per heavy atom. The summed E-state index contributed by atoms with van der Waals surface area (Å²) in [4.78, 5) is 2.95. The third kappa shape index (κ3) is 3.47. The van der Waals surface area contributed by atoms with E-state index in [4.69, 9.17) is 4.55 Å². The Kier molecular flexibility index (Phi) is 3.65. The molecule has 2 N–H and O–H groups in total. The fourth-order valence-electron chi connectivity index (χ4n) is 1.25. The predicted octanol–water partition coefficient (Wildman–Crippen LogP) is 0.490. The largest absolute Gasteiger partial charge is 0.304 e. The molecule has 0 spiro atoms. The van der Waals surface area contributed by atoms with Gasteiger partial charge in [0.05, 0.1) is 0 Å². The van der Waals surface area contributed by atoms with Gasteiger partial charge >= 0.3 is 10.1 Å². The van der Waals surface area contributed by atoms with Crippen LogP contribution in [0.2, 0.25) is 0 Å². The van der Waals surface area contributed by atoms with E-state index < -0.39 is 10.1 Å². The van der Waals surface area contributed by atoms with Gasteiger partial charge in [-0.1, -0.05) is 13.3 Å². The van der Waals surface area contributed by atoms with Gasteiger partial charge in [-0.25, -0.2) is 9.55 Å². The Hall–Kier alpha value is -0.880. The molecular formula is C8H15N2O3S+. The average Bonchev–Trinajstić information content (AvgIpc) is 2.45. The molecule has 0 aliphatic carbocycles. The number of aromatic amines is 1. The first-order chi connectivity index (χ1) is 6.53. The van der Waals surface area contributed by atoms with E-state index >= 15 is 0 Å². The van der Waals surface area contributed by atoms with E-state index in [0.29, 0.717) is 0 Å². The van der Waals surface area contributed by atoms with Crippen LogP contribution in [0.5, 0.6) is 0 Å². The van der Waals surface area contributed by atoms with Gasteiger partial charge in [-0.2, -0.15) is 8.42 Å². The number of unbranched alkanes of at least 4 members (excludes halogenated alkanes) is 1. The first-order valence-corrected chi connectivity index (χ1v) is 6.14. The van der Waals surface area contributed by atoms with Crippen LogP contribution in [0, 0.1) is 0 Å². The first kappa shape index (κ1) is 11.2. The van der Waals surface area contributed by atoms with E-state index in [1.807, 2.05) is 0 Å². The monoisotopic (exact) mass is 219 g/mol. The molecule has 1 aromatic rings. The summed E-state index contributed by atoms with van der Waals surface area (Å²) >= 11 is 0. The molecule has 80 valence electrons. The smallest absolute Gasteiger partial charge is 0.283 e. The summed E-state index contributed by atoms with van der Waals surface area (Å²) in [6.45, 7) is 2.07. The topological polar surface area (TPSA) is 74.0 Å². The van der Waals surface area contributed by atoms with E-state index in [2.05, 4.69) is 11.9 Å². The van der Waals surface area contributed by atoms with Gasteiger partial charge in [0.1, 0.15) is 12.4 Å². The maximum Gasteiger partial charge on any atom is 0.304 e. The highest BCUT2D eigenvalue weighted by Gasteiger charge is 2.15. The molecule has 0 atom stereocenters. The number of nitrogens with zero attached hydrogens (tertiary/aromatic N) is 1. The second kappa shape index (κ2) is 4.56. The minimum atomic E-state index is -3.95. The summed E-state index contributed by atoms with van der Waals surface area (Å²) in [6.07, 6.45) is 6.10. The van der Waals surface area contributed by atoms with Crippen molar-refractivity contribution in [3.05, 3.63) is 18.2 Å². The highest BCUT2D eigenvalue weighted by Crippen LogP contribution is 1.97. The van der Waals surface area contributed by atoms with Crippen LogP contribution in [-0.2, 0) is 22.4 Å². The van der Waals surface area contributed by atoms with E-state index in [0.717, 1.165) is 25.1 Å². The molecular weight excluding hydrogens is 204 g/mol. The minimum Gasteiger partial charge on any atom is -0.283 e. The van der Waals surface area contributed by atoms with Gasteiger partial charge in [0.25, 0.3) is 5.82 Å². The molecule has 0 saturated heterocycles. The van der Waals surface area contributed by atoms with Crippen molar-refractivity contribution in [1.82, 2.24) is 4.98 Å². The fourth-order valence-corrected chi connectivity index (χ4v) is 1.85. The van der Waals surface area contributed by atoms with Gasteiger partial charge in [0.2, 0.25) is 5.88 Å². The SMILES string of the molecule is CCCCc1[nH]cc[n+]1CS(=O)(=O)O. The van der Waals surface area contributed by atoms with Gasteiger partial charge in [-0.15, -0.1) is 0 Å². The van der Waals surface area contributed by atoms with Gasteiger partial charge < -0.3 is 0 Å². The number of H-pyrrole nitrogens is 1. The lowest BCUT2D eigenvalue weighted by atomic mass is 10.2. The quantitative estimate of drug-likeness (QED) is 0.559. The van der Waals surface area contributed by atoms with Crippen molar-refractivity contribution in [2.75, 3.05) is 0 Å². The van der Waals surface area contributed by atoms with Crippen molar-refractivity contribution in [2.45, 2.75) is 32.1 Å². The second-order valence-electron chi connectivity index (χ2n) is 3.19. The van der Waals surface area contributed by atoms with E-state index in [9.17, 15) is 8.42 Å². The van der Waals surface area contributed by atoms with Crippen molar-refractivity contribution in [2.24, 2.45) is 0 Å². The molecule has 1 heterocycles. The van der Waals surface area contributed by atoms with Crippen molar-refractivity contribution in [3.8, 4) is 0 Å². The highest BCUT2D eigenvalue weighted by atomic mass is 32.2. The molecule has 0 bridgehead atoms. The van der Waals surface area contributed by atoms with E-state index in [-0.39, 0.29) is 5.88 Å². The molecule has 5 nitrogen and oxygen atoms in total. The van der Waals surface area contributed by atoms with E-state index in [1.54, 1.807) is 12.4 Å². The van der Waals surface area contributed by atoms with Crippen LogP contribution in [0.4, 0.5) is 0 Å². The highest BCUT2D eigenvalue weighted by molar-refractivity contribution is 7.84. The summed E-state index contributed by atoms with van der Waals surface area (Å²) in [5.41, 5.74) is 0. The maximum atomic E-state index is 10.6. The average molecular weight is 219 g/mol. The van der Waals surface area contributed by atoms with Crippen LogP contribution in [0.3, 0.4) is 0 Å². The van der Waals surface area contributed by atoms with E-state index in [1.165, 1.54) is 4.57 Å². The molecule has 0 amide bonds. The molecule has 14 heavy (non-hydrogen) atoms. The predicted molar refractivity (Wildman–Crippen MR) is 51.1 cm³/mol. The van der Waals surface area contributed by atoms with Gasteiger partial charge in [-0.3, -0.25) is 4.55 Å². The molecule has 1 rings (SSSR count). The zero-order valence-electron chi connectivity index (χ0n) is 8.10. The van der Waals surface area contributed by atoms with Crippen LogP contribution >= 0.6 is 0 Å². The Morgan fingerprint density at radius 3 is 2.86 bits per heavy atom. The molecule has 6 heteroatoms. The minimum absolute atomic E-state index is 0.379. The normalized spacial score (nSPS) is 11.9. The molecule has 0 aromatic carbocycles. The number of rotatable bonds is 5. The number of hydrogen-bond acceptors (Lipinski definition) is 2. The molecule has 0 saturated carbocycles. The lowest BCUT2D eigenvalue weighted by Crippen LogP contribution is -2.39. The van der Waals surface area contributed by atoms with Crippen LogP contribution in [-0.4, -0.2) is 18.0 Å². The lowest BCUT2D eigenvalue weighted by Gasteiger charge is -1.97. The third-order valence-electron chi connectivity index (χ3n) is 1.92. The summed E-state index contributed by atoms with van der Waals surface area (Å²) < 4.78 is 31.5. The zero-order chi connectivity index (χ0) is 10.6. The number of nitrogens with one attached hydrogen (secondary N) is 1. The van der Waals surface area contributed by atoms with Gasteiger partial charge in [0, 0.05) is 6.42 Å². The molecule has 1 aromatic heterocycles. The summed E-state index contributed by atoms with van der Waals surface area (Å²) in [7, 11) is -3.95. The Bertz CT molecular complexity index is 383. The number of imidazole rings is 1. The molecule has 0 aliphatic rings. The van der Waals surface area contributed by atoms with Gasteiger partial charge in [-0.05, 0) is 6.42 Å². The number of aryl methyl sites for hydroxylation is 1. The van der Waals surface area contributed by atoms with Crippen molar-refractivity contribution < 1.29 is 17.5 Å². The molecule has 0 radical (unpaired) electrons. The Labute approximate surface area is 83.5 Å². The van der Waals surface area contributed by atoms with Crippen molar-refractivity contribution in [1.29, 1.82) is 0 Å². The Morgan fingerprint density at radius 2 is 2.29 bits per heavy atom. The summed E-state index contributed by atoms with van der Waals surface area (Å²) in [5.74, 6) is 0.444. The van der Waals surface area contributed by atoms with Crippen LogP contribution < -0.4 is 4.57 Å². The molecule has 0 unspecified atom stereocenters. The second-order valence-corrected chi connectivity index (χ2v) is 4.61. The van der Waals surface area contributed by atoms with Crippen LogP contribution in [0.25, 0.3) is 0 Å². The van der Waals surface area contributed by atoms with Crippen LogP contribution in [0.1, 0.15) is 25.6 Å². The van der Waals surface area contributed by atoms with Crippen molar-refractivity contribution >= 4 is 10.1 Å². The van der Waals surface area contributed by atoms with Crippen LogP contribution in [0.15, 0.2) is 12.4 Å². The third-order valence-corrected chi connectivity index (χ3v) is 2.52.